The number of halogens is 2. The van der Waals surface area contributed by atoms with Crippen molar-refractivity contribution in [2.24, 2.45) is 4.99 Å². The summed E-state index contributed by atoms with van der Waals surface area (Å²) in [5, 5.41) is 9.75. The third-order valence-corrected chi connectivity index (χ3v) is 4.74. The van der Waals surface area contributed by atoms with Crippen LogP contribution in [0.25, 0.3) is 0 Å². The van der Waals surface area contributed by atoms with E-state index in [1.807, 2.05) is 19.1 Å². The van der Waals surface area contributed by atoms with E-state index in [9.17, 15) is 9.59 Å². The van der Waals surface area contributed by atoms with Gasteiger partial charge in [-0.2, -0.15) is 0 Å². The van der Waals surface area contributed by atoms with Crippen LogP contribution in [-0.4, -0.2) is 73.1 Å². The van der Waals surface area contributed by atoms with Crippen LogP contribution in [0.15, 0.2) is 23.3 Å². The molecule has 3 rings (SSSR count). The molecule has 0 spiro atoms. The Morgan fingerprint density at radius 2 is 2.29 bits per heavy atom. The van der Waals surface area contributed by atoms with Gasteiger partial charge >= 0.3 is 6.03 Å². The van der Waals surface area contributed by atoms with Crippen LogP contribution in [0.2, 0.25) is 5.02 Å². The van der Waals surface area contributed by atoms with Crippen molar-refractivity contribution in [3.05, 3.63) is 23.4 Å². The van der Waals surface area contributed by atoms with E-state index >= 15 is 0 Å². The lowest BCUT2D eigenvalue weighted by molar-refractivity contribution is -0.124. The topological polar surface area (TPSA) is 102 Å². The molecule has 28 heavy (non-hydrogen) atoms. The molecule has 1 unspecified atom stereocenters. The minimum Gasteiger partial charge on any atom is -0.357 e. The molecular formula is C17H25ClIN7O2. The highest BCUT2D eigenvalue weighted by atomic mass is 127. The first-order valence-corrected chi connectivity index (χ1v) is 9.44. The quantitative estimate of drug-likeness (QED) is 0.224. The van der Waals surface area contributed by atoms with Gasteiger partial charge < -0.3 is 20.9 Å². The van der Waals surface area contributed by atoms with Crippen molar-refractivity contribution in [1.82, 2.24) is 25.8 Å². The number of carbonyl (C=O) groups is 2. The molecule has 0 aromatic carbocycles. The first-order chi connectivity index (χ1) is 13.1. The third-order valence-electron chi connectivity index (χ3n) is 4.44. The van der Waals surface area contributed by atoms with Crippen molar-refractivity contribution in [2.45, 2.75) is 19.4 Å². The van der Waals surface area contributed by atoms with E-state index in [4.69, 9.17) is 11.6 Å². The van der Waals surface area contributed by atoms with Gasteiger partial charge in [0.05, 0.1) is 24.7 Å². The molecule has 2 fully saturated rings. The number of amides is 3. The molecule has 3 heterocycles. The molecule has 11 heteroatoms. The van der Waals surface area contributed by atoms with Crippen molar-refractivity contribution in [1.29, 1.82) is 0 Å². The highest BCUT2D eigenvalue weighted by Crippen LogP contribution is 2.25. The number of carbonyl (C=O) groups excluding carboxylic acids is 2. The molecule has 0 radical (unpaired) electrons. The van der Waals surface area contributed by atoms with Gasteiger partial charge in [-0.3, -0.25) is 14.7 Å². The van der Waals surface area contributed by atoms with E-state index < -0.39 is 0 Å². The van der Waals surface area contributed by atoms with Crippen LogP contribution in [0.4, 0.5) is 10.6 Å². The van der Waals surface area contributed by atoms with Crippen LogP contribution in [0.3, 0.4) is 0 Å². The van der Waals surface area contributed by atoms with Crippen molar-refractivity contribution in [3.8, 4) is 0 Å². The number of nitrogens with one attached hydrogen (secondary N) is 3. The molecule has 154 valence electrons. The first kappa shape index (κ1) is 22.5. The molecule has 0 bridgehead atoms. The van der Waals surface area contributed by atoms with Gasteiger partial charge in [0.15, 0.2) is 5.96 Å². The van der Waals surface area contributed by atoms with Crippen LogP contribution in [0.5, 0.6) is 0 Å². The summed E-state index contributed by atoms with van der Waals surface area (Å²) in [5.74, 6) is 1.25. The van der Waals surface area contributed by atoms with E-state index in [0.29, 0.717) is 17.5 Å². The lowest BCUT2D eigenvalue weighted by Gasteiger charge is -2.20. The number of nitrogens with zero attached hydrogens (tertiary/aromatic N) is 4. The van der Waals surface area contributed by atoms with Crippen LogP contribution >= 0.6 is 35.6 Å². The minimum absolute atomic E-state index is 0. The summed E-state index contributed by atoms with van der Waals surface area (Å²) in [6.45, 7) is 5.01. The summed E-state index contributed by atoms with van der Waals surface area (Å²) in [4.78, 5) is 35.3. The maximum atomic E-state index is 11.6. The van der Waals surface area contributed by atoms with E-state index in [2.05, 4.69) is 30.8 Å². The maximum Gasteiger partial charge on any atom is 0.324 e. The Labute approximate surface area is 186 Å². The third kappa shape index (κ3) is 5.60. The number of hydrogen-bond acceptors (Lipinski definition) is 5. The molecule has 3 amide bonds. The molecule has 9 nitrogen and oxygen atoms in total. The number of anilines is 1. The Hall–Kier alpha value is -1.82. The second-order valence-electron chi connectivity index (χ2n) is 6.35. The van der Waals surface area contributed by atoms with Gasteiger partial charge in [0.2, 0.25) is 5.91 Å². The molecule has 2 aliphatic heterocycles. The number of imide groups is 1. The lowest BCUT2D eigenvalue weighted by Crippen LogP contribution is -2.45. The van der Waals surface area contributed by atoms with E-state index in [1.165, 1.54) is 4.90 Å². The van der Waals surface area contributed by atoms with Crippen molar-refractivity contribution in [3.63, 3.8) is 0 Å². The zero-order valence-corrected chi connectivity index (χ0v) is 18.7. The molecule has 1 aromatic rings. The second-order valence-corrected chi connectivity index (χ2v) is 6.76. The number of rotatable bonds is 6. The van der Waals surface area contributed by atoms with Crippen LogP contribution in [-0.2, 0) is 4.79 Å². The van der Waals surface area contributed by atoms with E-state index in [1.54, 1.807) is 6.20 Å². The summed E-state index contributed by atoms with van der Waals surface area (Å²) in [6.07, 6.45) is 2.67. The molecular weight excluding hydrogens is 497 g/mol. The van der Waals surface area contributed by atoms with Gasteiger partial charge in [-0.15, -0.1) is 24.0 Å². The normalized spacial score (nSPS) is 19.5. The SMILES string of the molecule is CCNC(=NCCN1C(=O)CNC1=O)NC1CCN(c2ncccc2Cl)C1.I. The first-order valence-electron chi connectivity index (χ1n) is 9.07. The molecule has 1 atom stereocenters. The summed E-state index contributed by atoms with van der Waals surface area (Å²) in [7, 11) is 0. The Morgan fingerprint density at radius 3 is 2.96 bits per heavy atom. The Balaban J connectivity index is 0.00000280. The molecule has 0 saturated carbocycles. The number of hydrogen-bond donors (Lipinski definition) is 3. The number of pyridine rings is 1. The molecule has 3 N–H and O–H groups in total. The van der Waals surface area contributed by atoms with Crippen LogP contribution < -0.4 is 20.9 Å². The van der Waals surface area contributed by atoms with Gasteiger partial charge in [0.25, 0.3) is 0 Å². The van der Waals surface area contributed by atoms with Crippen molar-refractivity contribution >= 4 is 59.3 Å². The van der Waals surface area contributed by atoms with Crippen molar-refractivity contribution in [2.75, 3.05) is 44.2 Å². The predicted octanol–water partition coefficient (Wildman–Crippen LogP) is 1.04. The highest BCUT2D eigenvalue weighted by molar-refractivity contribution is 14.0. The average molecular weight is 522 g/mol. The summed E-state index contributed by atoms with van der Waals surface area (Å²) < 4.78 is 0. The van der Waals surface area contributed by atoms with E-state index in [-0.39, 0.29) is 55.0 Å². The number of aliphatic imine (C=N–C) groups is 1. The van der Waals surface area contributed by atoms with Gasteiger partial charge in [-0.1, -0.05) is 11.6 Å². The zero-order chi connectivity index (χ0) is 19.2. The molecule has 1 aromatic heterocycles. The largest absolute Gasteiger partial charge is 0.357 e. The molecule has 2 saturated heterocycles. The summed E-state index contributed by atoms with van der Waals surface area (Å²) in [6, 6.07) is 3.51. The monoisotopic (exact) mass is 521 g/mol. The fraction of sp³-hybridized carbons (Fsp3) is 0.529. The number of guanidine groups is 1. The van der Waals surface area contributed by atoms with Crippen molar-refractivity contribution < 1.29 is 9.59 Å². The van der Waals surface area contributed by atoms with Gasteiger partial charge in [0, 0.05) is 31.9 Å². The van der Waals surface area contributed by atoms with Crippen LogP contribution in [0, 0.1) is 0 Å². The fourth-order valence-electron chi connectivity index (χ4n) is 3.14. The average Bonchev–Trinajstić information content (AvgIpc) is 3.23. The number of aromatic nitrogens is 1. The lowest BCUT2D eigenvalue weighted by atomic mass is 10.3. The Kier molecular flexibility index (Phi) is 8.55. The minimum atomic E-state index is -0.355. The predicted molar refractivity (Wildman–Crippen MR) is 120 cm³/mol. The van der Waals surface area contributed by atoms with Crippen LogP contribution in [0.1, 0.15) is 13.3 Å². The van der Waals surface area contributed by atoms with Gasteiger partial charge in [-0.05, 0) is 25.5 Å². The van der Waals surface area contributed by atoms with Gasteiger partial charge in [-0.25, -0.2) is 9.78 Å². The fourth-order valence-corrected chi connectivity index (χ4v) is 3.38. The Morgan fingerprint density at radius 1 is 1.46 bits per heavy atom. The van der Waals surface area contributed by atoms with Gasteiger partial charge in [0.1, 0.15) is 5.82 Å². The smallest absolute Gasteiger partial charge is 0.324 e. The van der Waals surface area contributed by atoms with E-state index in [0.717, 1.165) is 31.9 Å². The highest BCUT2D eigenvalue weighted by Gasteiger charge is 2.28. The maximum absolute atomic E-state index is 11.6. The summed E-state index contributed by atoms with van der Waals surface area (Å²) >= 11 is 6.24. The molecule has 0 aliphatic carbocycles. The molecule has 2 aliphatic rings. The summed E-state index contributed by atoms with van der Waals surface area (Å²) in [5.41, 5.74) is 0. The number of urea groups is 1. The Bertz CT molecular complexity index is 717. The zero-order valence-electron chi connectivity index (χ0n) is 15.7. The standard InChI is InChI=1S/C17H24ClN7O2.HI/c1-2-19-16(21-7-9-25-14(26)10-22-17(25)27)23-12-5-8-24(11-12)15-13(18)4-3-6-20-15;/h3-4,6,12H,2,5,7-11H2,1H3,(H,22,27)(H2,19,21,23);1H. The second kappa shape index (κ2) is 10.6.